The summed E-state index contributed by atoms with van der Waals surface area (Å²) < 4.78 is 5.13. The molecule has 0 aliphatic heterocycles. The highest BCUT2D eigenvalue weighted by atomic mass is 16.5. The first-order valence-electron chi connectivity index (χ1n) is 6.96. The number of pyridine rings is 1. The number of hydrogen-bond donors (Lipinski definition) is 2. The van der Waals surface area contributed by atoms with Crippen molar-refractivity contribution >= 4 is 16.8 Å². The number of carbonyl (C=O) groups excluding carboxylic acids is 1. The average molecular weight is 288 g/mol. The zero-order chi connectivity index (χ0) is 15.4. The van der Waals surface area contributed by atoms with Gasteiger partial charge in [0.05, 0.1) is 12.6 Å². The van der Waals surface area contributed by atoms with E-state index in [0.717, 1.165) is 10.9 Å². The molecule has 112 valence electrons. The summed E-state index contributed by atoms with van der Waals surface area (Å²) in [6.07, 6.45) is 0.461. The third kappa shape index (κ3) is 3.84. The Bertz CT molecular complexity index is 704. The Morgan fingerprint density at radius 1 is 1.33 bits per heavy atom. The number of rotatable bonds is 5. The lowest BCUT2D eigenvalue weighted by Gasteiger charge is -2.08. The lowest BCUT2D eigenvalue weighted by atomic mass is 10.1. The second kappa shape index (κ2) is 6.43. The molecular weight excluding hydrogens is 268 g/mol. The van der Waals surface area contributed by atoms with Crippen LogP contribution in [0.3, 0.4) is 0 Å². The van der Waals surface area contributed by atoms with Gasteiger partial charge in [0.25, 0.3) is 5.56 Å². The SMILES string of the molecule is COc1ccc2cc(CNC(=O)CC(C)C)c(=O)[nH]c2c1. The van der Waals surface area contributed by atoms with Crippen LogP contribution in [0.5, 0.6) is 5.75 Å². The molecule has 0 saturated heterocycles. The van der Waals surface area contributed by atoms with Gasteiger partial charge in [0.2, 0.25) is 5.91 Å². The Labute approximate surface area is 123 Å². The highest BCUT2D eigenvalue weighted by Crippen LogP contribution is 2.18. The Morgan fingerprint density at radius 3 is 2.76 bits per heavy atom. The van der Waals surface area contributed by atoms with Crippen LogP contribution in [0.2, 0.25) is 0 Å². The van der Waals surface area contributed by atoms with Gasteiger partial charge < -0.3 is 15.0 Å². The fourth-order valence-corrected chi connectivity index (χ4v) is 2.12. The summed E-state index contributed by atoms with van der Waals surface area (Å²) in [5, 5.41) is 3.68. The first kappa shape index (κ1) is 15.1. The standard InChI is InChI=1S/C16H20N2O3/c1-10(2)6-15(19)17-9-12-7-11-4-5-13(21-3)8-14(11)18-16(12)20/h4-5,7-8,10H,6,9H2,1-3H3,(H,17,19)(H,18,20). The Balaban J connectivity index is 2.19. The third-order valence-corrected chi connectivity index (χ3v) is 3.20. The van der Waals surface area contributed by atoms with Crippen molar-refractivity contribution in [1.82, 2.24) is 10.3 Å². The van der Waals surface area contributed by atoms with Gasteiger partial charge in [-0.3, -0.25) is 9.59 Å². The molecule has 1 amide bonds. The van der Waals surface area contributed by atoms with E-state index in [4.69, 9.17) is 4.74 Å². The van der Waals surface area contributed by atoms with E-state index < -0.39 is 0 Å². The number of aromatic nitrogens is 1. The van der Waals surface area contributed by atoms with Gasteiger partial charge in [-0.15, -0.1) is 0 Å². The quantitative estimate of drug-likeness (QED) is 0.886. The van der Waals surface area contributed by atoms with E-state index in [9.17, 15) is 9.59 Å². The molecule has 5 heteroatoms. The summed E-state index contributed by atoms with van der Waals surface area (Å²) in [5.41, 5.74) is 1.07. The van der Waals surface area contributed by atoms with Crippen molar-refractivity contribution in [2.45, 2.75) is 26.8 Å². The van der Waals surface area contributed by atoms with Crippen LogP contribution in [0.15, 0.2) is 29.1 Å². The van der Waals surface area contributed by atoms with E-state index in [1.54, 1.807) is 19.2 Å². The van der Waals surface area contributed by atoms with E-state index in [1.165, 1.54) is 0 Å². The maximum Gasteiger partial charge on any atom is 0.253 e. The molecular formula is C16H20N2O3. The third-order valence-electron chi connectivity index (χ3n) is 3.20. The van der Waals surface area contributed by atoms with Gasteiger partial charge in [-0.1, -0.05) is 13.8 Å². The van der Waals surface area contributed by atoms with Gasteiger partial charge in [-0.2, -0.15) is 0 Å². The first-order valence-corrected chi connectivity index (χ1v) is 6.96. The molecule has 0 bridgehead atoms. The molecule has 0 unspecified atom stereocenters. The van der Waals surface area contributed by atoms with Crippen LogP contribution in [0, 0.1) is 5.92 Å². The van der Waals surface area contributed by atoms with E-state index in [1.807, 2.05) is 26.0 Å². The summed E-state index contributed by atoms with van der Waals surface area (Å²) in [4.78, 5) is 26.5. The number of amides is 1. The minimum atomic E-state index is -0.194. The van der Waals surface area contributed by atoms with Crippen molar-refractivity contribution in [3.63, 3.8) is 0 Å². The molecule has 0 atom stereocenters. The number of nitrogens with one attached hydrogen (secondary N) is 2. The maximum atomic E-state index is 12.0. The van der Waals surface area contributed by atoms with Gasteiger partial charge in [0.1, 0.15) is 5.75 Å². The Kier molecular flexibility index (Phi) is 4.62. The lowest BCUT2D eigenvalue weighted by molar-refractivity contribution is -0.121. The molecule has 0 fully saturated rings. The molecule has 2 rings (SSSR count). The van der Waals surface area contributed by atoms with Crippen molar-refractivity contribution in [2.75, 3.05) is 7.11 Å². The van der Waals surface area contributed by atoms with Crippen LogP contribution < -0.4 is 15.6 Å². The van der Waals surface area contributed by atoms with E-state index >= 15 is 0 Å². The largest absolute Gasteiger partial charge is 0.497 e. The van der Waals surface area contributed by atoms with Gasteiger partial charge in [-0.05, 0) is 29.5 Å². The molecule has 1 aromatic carbocycles. The molecule has 21 heavy (non-hydrogen) atoms. The van der Waals surface area contributed by atoms with Crippen molar-refractivity contribution in [3.8, 4) is 5.75 Å². The minimum Gasteiger partial charge on any atom is -0.497 e. The molecule has 0 spiro atoms. The molecule has 0 saturated carbocycles. The predicted molar refractivity (Wildman–Crippen MR) is 82.4 cm³/mol. The molecule has 2 N–H and O–H groups in total. The van der Waals surface area contributed by atoms with Crippen molar-refractivity contribution in [2.24, 2.45) is 5.92 Å². The number of fused-ring (bicyclic) bond motifs is 1. The zero-order valence-electron chi connectivity index (χ0n) is 12.5. The number of benzene rings is 1. The zero-order valence-corrected chi connectivity index (χ0v) is 12.5. The molecule has 0 aliphatic rings. The molecule has 0 aliphatic carbocycles. The average Bonchev–Trinajstić information content (AvgIpc) is 2.43. The lowest BCUT2D eigenvalue weighted by Crippen LogP contribution is -2.27. The van der Waals surface area contributed by atoms with Gasteiger partial charge in [0, 0.05) is 24.6 Å². The van der Waals surface area contributed by atoms with Gasteiger partial charge in [0.15, 0.2) is 0 Å². The summed E-state index contributed by atoms with van der Waals surface area (Å²) in [6.45, 7) is 4.20. The van der Waals surface area contributed by atoms with Crippen LogP contribution in [-0.2, 0) is 11.3 Å². The first-order chi connectivity index (χ1) is 9.99. The fraction of sp³-hybridized carbons (Fsp3) is 0.375. The summed E-state index contributed by atoms with van der Waals surface area (Å²) in [5.74, 6) is 0.947. The Morgan fingerprint density at radius 2 is 2.10 bits per heavy atom. The maximum absolute atomic E-state index is 12.0. The van der Waals surface area contributed by atoms with Crippen molar-refractivity contribution in [1.29, 1.82) is 0 Å². The van der Waals surface area contributed by atoms with Crippen LogP contribution >= 0.6 is 0 Å². The second-order valence-corrected chi connectivity index (χ2v) is 5.45. The highest BCUT2D eigenvalue weighted by molar-refractivity contribution is 5.80. The van der Waals surface area contributed by atoms with Crippen molar-refractivity contribution < 1.29 is 9.53 Å². The topological polar surface area (TPSA) is 71.2 Å². The van der Waals surface area contributed by atoms with E-state index in [2.05, 4.69) is 10.3 Å². The highest BCUT2D eigenvalue weighted by Gasteiger charge is 2.07. The van der Waals surface area contributed by atoms with Crippen LogP contribution in [0.25, 0.3) is 10.9 Å². The number of aromatic amines is 1. The van der Waals surface area contributed by atoms with Crippen molar-refractivity contribution in [3.05, 3.63) is 40.2 Å². The fourth-order valence-electron chi connectivity index (χ4n) is 2.12. The van der Waals surface area contributed by atoms with Crippen LogP contribution in [0.4, 0.5) is 0 Å². The number of hydrogen-bond acceptors (Lipinski definition) is 3. The van der Waals surface area contributed by atoms with E-state index in [-0.39, 0.29) is 18.0 Å². The predicted octanol–water partition coefficient (Wildman–Crippen LogP) is 2.20. The number of ether oxygens (including phenoxy) is 1. The minimum absolute atomic E-state index is 0.0424. The molecule has 1 aromatic heterocycles. The smallest absolute Gasteiger partial charge is 0.253 e. The van der Waals surface area contributed by atoms with E-state index in [0.29, 0.717) is 23.7 Å². The summed E-state index contributed by atoms with van der Waals surface area (Å²) in [6, 6.07) is 7.28. The van der Waals surface area contributed by atoms with Gasteiger partial charge >= 0.3 is 0 Å². The van der Waals surface area contributed by atoms with Crippen LogP contribution in [0.1, 0.15) is 25.8 Å². The molecule has 5 nitrogen and oxygen atoms in total. The summed E-state index contributed by atoms with van der Waals surface area (Å²) in [7, 11) is 1.58. The second-order valence-electron chi connectivity index (χ2n) is 5.45. The number of H-pyrrole nitrogens is 1. The van der Waals surface area contributed by atoms with Crippen LogP contribution in [-0.4, -0.2) is 18.0 Å². The van der Waals surface area contributed by atoms with Gasteiger partial charge in [-0.25, -0.2) is 0 Å². The number of methoxy groups -OCH3 is 1. The monoisotopic (exact) mass is 288 g/mol. The summed E-state index contributed by atoms with van der Waals surface area (Å²) >= 11 is 0. The molecule has 0 radical (unpaired) electrons. The number of carbonyl (C=O) groups is 1. The Hall–Kier alpha value is -2.30. The molecule has 1 heterocycles. The normalized spacial score (nSPS) is 10.9. The molecule has 2 aromatic rings.